The predicted molar refractivity (Wildman–Crippen MR) is 39.4 cm³/mol. The largest absolute Gasteiger partial charge is 0.387 e. The molecule has 5 nitrogen and oxygen atoms in total. The van der Waals surface area contributed by atoms with Gasteiger partial charge in [-0.25, -0.2) is 0 Å². The lowest BCUT2D eigenvalue weighted by atomic mass is 10.00. The molecule has 0 aromatic heterocycles. The van der Waals surface area contributed by atoms with Crippen LogP contribution < -0.4 is 0 Å². The SMILES string of the molecule is CO[C@H]1[C@H](O)[C@H](O)[C@@H](O)O[C@@H]1C. The second-order valence-electron chi connectivity index (χ2n) is 2.91. The average Bonchev–Trinajstić information content (AvgIpc) is 2.01. The number of ether oxygens (including phenoxy) is 2. The molecule has 1 aliphatic rings. The summed E-state index contributed by atoms with van der Waals surface area (Å²) in [5, 5.41) is 27.6. The lowest BCUT2D eigenvalue weighted by Crippen LogP contribution is -2.57. The molecule has 0 radical (unpaired) electrons. The Morgan fingerprint density at radius 1 is 1.17 bits per heavy atom. The minimum atomic E-state index is -1.33. The fraction of sp³-hybridized carbons (Fsp3) is 1.00. The van der Waals surface area contributed by atoms with Crippen molar-refractivity contribution in [3.63, 3.8) is 0 Å². The van der Waals surface area contributed by atoms with E-state index in [9.17, 15) is 5.11 Å². The lowest BCUT2D eigenvalue weighted by Gasteiger charge is -2.38. The molecule has 5 atom stereocenters. The first-order chi connectivity index (χ1) is 5.57. The lowest BCUT2D eigenvalue weighted by molar-refractivity contribution is -0.281. The highest BCUT2D eigenvalue weighted by atomic mass is 16.6. The van der Waals surface area contributed by atoms with E-state index in [0.29, 0.717) is 0 Å². The Balaban J connectivity index is 2.65. The van der Waals surface area contributed by atoms with Gasteiger partial charge in [0.05, 0.1) is 6.10 Å². The van der Waals surface area contributed by atoms with Gasteiger partial charge in [0.2, 0.25) is 0 Å². The molecule has 0 bridgehead atoms. The monoisotopic (exact) mass is 178 g/mol. The summed E-state index contributed by atoms with van der Waals surface area (Å²) in [6, 6.07) is 0. The fourth-order valence-electron chi connectivity index (χ4n) is 1.35. The van der Waals surface area contributed by atoms with Crippen molar-refractivity contribution in [3.05, 3.63) is 0 Å². The van der Waals surface area contributed by atoms with Crippen LogP contribution in [0.5, 0.6) is 0 Å². The molecule has 1 heterocycles. The zero-order valence-electron chi connectivity index (χ0n) is 7.04. The average molecular weight is 178 g/mol. The molecule has 72 valence electrons. The van der Waals surface area contributed by atoms with Crippen molar-refractivity contribution >= 4 is 0 Å². The number of methoxy groups -OCH3 is 1. The Morgan fingerprint density at radius 3 is 2.25 bits per heavy atom. The van der Waals surface area contributed by atoms with Crippen molar-refractivity contribution in [1.29, 1.82) is 0 Å². The zero-order valence-corrected chi connectivity index (χ0v) is 7.04. The number of aliphatic hydroxyl groups is 3. The summed E-state index contributed by atoms with van der Waals surface area (Å²) in [6.07, 6.45) is -4.76. The van der Waals surface area contributed by atoms with Gasteiger partial charge in [-0.1, -0.05) is 0 Å². The number of hydrogen-bond donors (Lipinski definition) is 3. The quantitative estimate of drug-likeness (QED) is 0.453. The van der Waals surface area contributed by atoms with E-state index in [4.69, 9.17) is 19.7 Å². The Bertz CT molecular complexity index is 151. The third-order valence-electron chi connectivity index (χ3n) is 2.07. The molecule has 0 aromatic rings. The Hall–Kier alpha value is -0.200. The van der Waals surface area contributed by atoms with E-state index < -0.39 is 30.7 Å². The molecule has 0 aromatic carbocycles. The molecule has 1 saturated heterocycles. The molecule has 12 heavy (non-hydrogen) atoms. The molecule has 3 N–H and O–H groups in total. The third-order valence-corrected chi connectivity index (χ3v) is 2.07. The van der Waals surface area contributed by atoms with Crippen LogP contribution in [0.1, 0.15) is 6.92 Å². The van der Waals surface area contributed by atoms with Crippen molar-refractivity contribution in [3.8, 4) is 0 Å². The van der Waals surface area contributed by atoms with Crippen LogP contribution >= 0.6 is 0 Å². The first-order valence-corrected chi connectivity index (χ1v) is 3.80. The van der Waals surface area contributed by atoms with E-state index in [1.54, 1.807) is 6.92 Å². The topological polar surface area (TPSA) is 79.2 Å². The second kappa shape index (κ2) is 3.68. The maximum absolute atomic E-state index is 9.36. The number of rotatable bonds is 1. The van der Waals surface area contributed by atoms with E-state index in [0.717, 1.165) is 0 Å². The molecule has 0 spiro atoms. The van der Waals surface area contributed by atoms with Gasteiger partial charge in [0.1, 0.15) is 18.3 Å². The van der Waals surface area contributed by atoms with Gasteiger partial charge in [0.25, 0.3) is 0 Å². The minimum absolute atomic E-state index is 0.427. The van der Waals surface area contributed by atoms with Crippen LogP contribution in [0.25, 0.3) is 0 Å². The summed E-state index contributed by atoms with van der Waals surface area (Å²) in [6.45, 7) is 1.66. The third kappa shape index (κ3) is 1.60. The van der Waals surface area contributed by atoms with Crippen molar-refractivity contribution in [2.24, 2.45) is 0 Å². The fourth-order valence-corrected chi connectivity index (χ4v) is 1.35. The van der Waals surface area contributed by atoms with Crippen LogP contribution in [0.2, 0.25) is 0 Å². The van der Waals surface area contributed by atoms with Gasteiger partial charge in [0.15, 0.2) is 6.29 Å². The van der Waals surface area contributed by atoms with E-state index in [2.05, 4.69) is 0 Å². The van der Waals surface area contributed by atoms with Crippen molar-refractivity contribution in [1.82, 2.24) is 0 Å². The van der Waals surface area contributed by atoms with Crippen LogP contribution in [-0.4, -0.2) is 53.1 Å². The smallest absolute Gasteiger partial charge is 0.183 e. The highest BCUT2D eigenvalue weighted by Crippen LogP contribution is 2.21. The van der Waals surface area contributed by atoms with Crippen LogP contribution in [0.3, 0.4) is 0 Å². The minimum Gasteiger partial charge on any atom is -0.387 e. The van der Waals surface area contributed by atoms with Gasteiger partial charge in [-0.15, -0.1) is 0 Å². The van der Waals surface area contributed by atoms with E-state index in [1.165, 1.54) is 7.11 Å². The summed E-state index contributed by atoms with van der Waals surface area (Å²) >= 11 is 0. The summed E-state index contributed by atoms with van der Waals surface area (Å²) in [5.41, 5.74) is 0. The van der Waals surface area contributed by atoms with Gasteiger partial charge < -0.3 is 24.8 Å². The van der Waals surface area contributed by atoms with Gasteiger partial charge in [-0.3, -0.25) is 0 Å². The van der Waals surface area contributed by atoms with E-state index >= 15 is 0 Å². The summed E-state index contributed by atoms with van der Waals surface area (Å²) < 4.78 is 9.78. The molecular weight excluding hydrogens is 164 g/mol. The molecule has 0 amide bonds. The predicted octanol–water partition coefficient (Wildman–Crippen LogP) is -1.54. The maximum atomic E-state index is 9.36. The standard InChI is InChI=1S/C7H14O5/c1-3-6(11-2)4(8)5(9)7(10)12-3/h3-10H,1-2H3/t3-,4-,5+,6-,7+/m1/s1. The molecule has 0 aliphatic carbocycles. The number of hydrogen-bond acceptors (Lipinski definition) is 5. The molecule has 1 rings (SSSR count). The number of aliphatic hydroxyl groups excluding tert-OH is 3. The highest BCUT2D eigenvalue weighted by molar-refractivity contribution is 4.87. The van der Waals surface area contributed by atoms with Crippen LogP contribution in [0.15, 0.2) is 0 Å². The molecular formula is C7H14O5. The van der Waals surface area contributed by atoms with Crippen LogP contribution in [0, 0.1) is 0 Å². The summed E-state index contributed by atoms with van der Waals surface area (Å²) in [4.78, 5) is 0. The summed E-state index contributed by atoms with van der Waals surface area (Å²) in [7, 11) is 1.41. The molecule has 1 fully saturated rings. The maximum Gasteiger partial charge on any atom is 0.183 e. The van der Waals surface area contributed by atoms with Crippen molar-refractivity contribution in [2.75, 3.05) is 7.11 Å². The molecule has 0 saturated carbocycles. The van der Waals surface area contributed by atoms with Crippen molar-refractivity contribution < 1.29 is 24.8 Å². The van der Waals surface area contributed by atoms with Gasteiger partial charge in [-0.2, -0.15) is 0 Å². The van der Waals surface area contributed by atoms with Crippen molar-refractivity contribution in [2.45, 2.75) is 37.6 Å². The van der Waals surface area contributed by atoms with E-state index in [1.807, 2.05) is 0 Å². The first kappa shape index (κ1) is 9.88. The van der Waals surface area contributed by atoms with Crippen LogP contribution in [0.4, 0.5) is 0 Å². The normalized spacial score (nSPS) is 49.2. The first-order valence-electron chi connectivity index (χ1n) is 3.80. The highest BCUT2D eigenvalue weighted by Gasteiger charge is 2.41. The Morgan fingerprint density at radius 2 is 1.75 bits per heavy atom. The Kier molecular flexibility index (Phi) is 3.03. The molecule has 1 aliphatic heterocycles. The van der Waals surface area contributed by atoms with Gasteiger partial charge in [0, 0.05) is 7.11 Å². The second-order valence-corrected chi connectivity index (χ2v) is 2.91. The van der Waals surface area contributed by atoms with Crippen LogP contribution in [-0.2, 0) is 9.47 Å². The van der Waals surface area contributed by atoms with E-state index in [-0.39, 0.29) is 0 Å². The molecule has 0 unspecified atom stereocenters. The summed E-state index contributed by atoms with van der Waals surface area (Å²) in [5.74, 6) is 0. The molecule has 5 heteroatoms. The zero-order chi connectivity index (χ0) is 9.30. The Labute approximate surface area is 70.5 Å². The van der Waals surface area contributed by atoms with Gasteiger partial charge in [-0.05, 0) is 6.92 Å². The van der Waals surface area contributed by atoms with Gasteiger partial charge >= 0.3 is 0 Å².